The highest BCUT2D eigenvalue weighted by atomic mass is 16.5. The van der Waals surface area contributed by atoms with E-state index in [9.17, 15) is 4.79 Å². The van der Waals surface area contributed by atoms with Crippen LogP contribution in [-0.4, -0.2) is 30.8 Å². The lowest BCUT2D eigenvalue weighted by Gasteiger charge is -2.15. The molecule has 1 aromatic heterocycles. The molecule has 0 spiro atoms. The summed E-state index contributed by atoms with van der Waals surface area (Å²) in [7, 11) is 1.65. The molecule has 2 rings (SSSR count). The number of nitrogens with zero attached hydrogens (tertiary/aromatic N) is 1. The van der Waals surface area contributed by atoms with Crippen LogP contribution in [0.1, 0.15) is 19.0 Å². The van der Waals surface area contributed by atoms with Crippen LogP contribution in [-0.2, 0) is 4.74 Å². The van der Waals surface area contributed by atoms with Crippen molar-refractivity contribution >= 4 is 22.6 Å². The van der Waals surface area contributed by atoms with E-state index in [0.29, 0.717) is 12.3 Å². The van der Waals surface area contributed by atoms with Crippen molar-refractivity contribution < 1.29 is 9.53 Å². The fraction of sp³-hybridized carbons (Fsp3) is 0.375. The molecule has 1 atom stereocenters. The lowest BCUT2D eigenvalue weighted by molar-refractivity contribution is 0.185. The maximum atomic E-state index is 12.0. The van der Waals surface area contributed by atoms with Gasteiger partial charge in [0, 0.05) is 30.8 Å². The molecule has 0 saturated heterocycles. The molecule has 0 aliphatic carbocycles. The number of anilines is 1. The zero-order valence-electron chi connectivity index (χ0n) is 12.6. The Morgan fingerprint density at radius 3 is 2.90 bits per heavy atom. The monoisotopic (exact) mass is 287 g/mol. The second-order valence-electron chi connectivity index (χ2n) is 5.11. The first-order valence-corrected chi connectivity index (χ1v) is 7.03. The zero-order valence-corrected chi connectivity index (χ0v) is 12.6. The predicted molar refractivity (Wildman–Crippen MR) is 84.6 cm³/mol. The van der Waals surface area contributed by atoms with Crippen LogP contribution in [0.4, 0.5) is 10.5 Å². The quantitative estimate of drug-likeness (QED) is 0.888. The Morgan fingerprint density at radius 2 is 2.14 bits per heavy atom. The number of aromatic nitrogens is 1. The summed E-state index contributed by atoms with van der Waals surface area (Å²) in [5.74, 6) is 0. The molecule has 1 aromatic carbocycles. The highest BCUT2D eigenvalue weighted by Gasteiger charge is 2.09. The van der Waals surface area contributed by atoms with Gasteiger partial charge in [0.2, 0.25) is 0 Å². The number of fused-ring (bicyclic) bond motifs is 1. The number of amides is 2. The van der Waals surface area contributed by atoms with Gasteiger partial charge >= 0.3 is 6.03 Å². The van der Waals surface area contributed by atoms with Gasteiger partial charge < -0.3 is 15.4 Å². The Kier molecular flexibility index (Phi) is 5.11. The lowest BCUT2D eigenvalue weighted by atomic mass is 10.2. The van der Waals surface area contributed by atoms with E-state index in [-0.39, 0.29) is 12.1 Å². The van der Waals surface area contributed by atoms with E-state index in [1.807, 2.05) is 44.2 Å². The molecule has 0 radical (unpaired) electrons. The van der Waals surface area contributed by atoms with Gasteiger partial charge in [0.25, 0.3) is 0 Å². The molecule has 2 aromatic rings. The van der Waals surface area contributed by atoms with Crippen LogP contribution in [0, 0.1) is 6.92 Å². The smallest absolute Gasteiger partial charge is 0.319 e. The number of ether oxygens (including phenoxy) is 1. The van der Waals surface area contributed by atoms with Crippen LogP contribution >= 0.6 is 0 Å². The molecular formula is C16H21N3O2. The number of hydrogen-bond donors (Lipinski definition) is 2. The molecule has 5 heteroatoms. The maximum absolute atomic E-state index is 12.0. The summed E-state index contributed by atoms with van der Waals surface area (Å²) in [5.41, 5.74) is 2.44. The van der Waals surface area contributed by atoms with Gasteiger partial charge in [0.15, 0.2) is 0 Å². The second kappa shape index (κ2) is 7.04. The third kappa shape index (κ3) is 4.16. The van der Waals surface area contributed by atoms with Gasteiger partial charge in [-0.1, -0.05) is 18.2 Å². The van der Waals surface area contributed by atoms with E-state index >= 15 is 0 Å². The normalized spacial score (nSPS) is 12.1. The van der Waals surface area contributed by atoms with Crippen molar-refractivity contribution in [3.8, 4) is 0 Å². The first kappa shape index (κ1) is 15.3. The van der Waals surface area contributed by atoms with Crippen molar-refractivity contribution in [3.63, 3.8) is 0 Å². The summed E-state index contributed by atoms with van der Waals surface area (Å²) in [4.78, 5) is 16.5. The van der Waals surface area contributed by atoms with Crippen LogP contribution in [0.25, 0.3) is 10.9 Å². The molecule has 0 aliphatic rings. The highest BCUT2D eigenvalue weighted by Crippen LogP contribution is 2.21. The number of nitrogens with one attached hydrogen (secondary N) is 2. The number of methoxy groups -OCH3 is 1. The number of rotatable bonds is 5. The van der Waals surface area contributed by atoms with E-state index in [1.54, 1.807) is 7.11 Å². The first-order valence-electron chi connectivity index (χ1n) is 7.03. The van der Waals surface area contributed by atoms with Crippen LogP contribution in [0.3, 0.4) is 0 Å². The first-order chi connectivity index (χ1) is 10.1. The van der Waals surface area contributed by atoms with Gasteiger partial charge in [0.05, 0.1) is 11.2 Å². The highest BCUT2D eigenvalue weighted by molar-refractivity contribution is 5.99. The molecule has 2 N–H and O–H groups in total. The largest absolute Gasteiger partial charge is 0.385 e. The average molecular weight is 287 g/mol. The maximum Gasteiger partial charge on any atom is 0.319 e. The summed E-state index contributed by atoms with van der Waals surface area (Å²) in [6, 6.07) is 9.52. The van der Waals surface area contributed by atoms with E-state index in [0.717, 1.165) is 23.0 Å². The Morgan fingerprint density at radius 1 is 1.33 bits per heavy atom. The Bertz CT molecular complexity index is 628. The Hall–Kier alpha value is -2.14. The molecular weight excluding hydrogens is 266 g/mol. The molecule has 0 saturated carbocycles. The van der Waals surface area contributed by atoms with E-state index in [2.05, 4.69) is 15.6 Å². The number of carbonyl (C=O) groups is 1. The molecule has 0 fully saturated rings. The van der Waals surface area contributed by atoms with Gasteiger partial charge in [-0.2, -0.15) is 0 Å². The summed E-state index contributed by atoms with van der Waals surface area (Å²) in [6.45, 7) is 4.50. The Balaban J connectivity index is 2.09. The minimum atomic E-state index is -0.227. The fourth-order valence-corrected chi connectivity index (χ4v) is 2.09. The zero-order chi connectivity index (χ0) is 15.2. The van der Waals surface area contributed by atoms with Crippen molar-refractivity contribution in [1.29, 1.82) is 0 Å². The van der Waals surface area contributed by atoms with Crippen LogP contribution in [0.2, 0.25) is 0 Å². The topological polar surface area (TPSA) is 63.2 Å². The van der Waals surface area contributed by atoms with Crippen molar-refractivity contribution in [2.75, 3.05) is 19.0 Å². The number of aryl methyl sites for hydroxylation is 1. The number of hydrogen-bond acceptors (Lipinski definition) is 3. The lowest BCUT2D eigenvalue weighted by Crippen LogP contribution is -2.36. The summed E-state index contributed by atoms with van der Waals surface area (Å²) >= 11 is 0. The summed E-state index contributed by atoms with van der Waals surface area (Å²) < 4.78 is 5.00. The molecule has 21 heavy (non-hydrogen) atoms. The number of benzene rings is 1. The molecule has 0 bridgehead atoms. The van der Waals surface area contributed by atoms with Crippen LogP contribution in [0.15, 0.2) is 30.3 Å². The molecule has 1 heterocycles. The van der Waals surface area contributed by atoms with Crippen LogP contribution < -0.4 is 10.6 Å². The van der Waals surface area contributed by atoms with Gasteiger partial charge in [-0.3, -0.25) is 4.98 Å². The van der Waals surface area contributed by atoms with Crippen LogP contribution in [0.5, 0.6) is 0 Å². The summed E-state index contributed by atoms with van der Waals surface area (Å²) in [6.07, 6.45) is 0.775. The second-order valence-corrected chi connectivity index (χ2v) is 5.11. The number of pyridine rings is 1. The van der Waals surface area contributed by atoms with E-state index < -0.39 is 0 Å². The number of carbonyl (C=O) groups excluding carboxylic acids is 1. The van der Waals surface area contributed by atoms with Crippen molar-refractivity contribution in [1.82, 2.24) is 10.3 Å². The SMILES string of the molecule is COCC[C@H](C)NC(=O)Nc1cccc2ccc(C)nc12. The van der Waals surface area contributed by atoms with Crippen molar-refractivity contribution in [3.05, 3.63) is 36.0 Å². The van der Waals surface area contributed by atoms with Gasteiger partial charge in [-0.15, -0.1) is 0 Å². The molecule has 0 aliphatic heterocycles. The molecule has 5 nitrogen and oxygen atoms in total. The number of para-hydroxylation sites is 1. The van der Waals surface area contributed by atoms with Gasteiger partial charge in [-0.25, -0.2) is 4.79 Å². The summed E-state index contributed by atoms with van der Waals surface area (Å²) in [5, 5.41) is 6.76. The minimum Gasteiger partial charge on any atom is -0.385 e. The van der Waals surface area contributed by atoms with Gasteiger partial charge in [0.1, 0.15) is 0 Å². The standard InChI is InChI=1S/C16H21N3O2/c1-11-7-8-13-5-4-6-14(15(13)17-11)19-16(20)18-12(2)9-10-21-3/h4-8,12H,9-10H2,1-3H3,(H2,18,19,20)/t12-/m0/s1. The third-order valence-corrected chi connectivity index (χ3v) is 3.24. The van der Waals surface area contributed by atoms with Crippen molar-refractivity contribution in [2.24, 2.45) is 0 Å². The molecule has 112 valence electrons. The van der Waals surface area contributed by atoms with E-state index in [4.69, 9.17) is 4.74 Å². The predicted octanol–water partition coefficient (Wildman–Crippen LogP) is 3.09. The Labute approximate surface area is 124 Å². The fourth-order valence-electron chi connectivity index (χ4n) is 2.09. The number of urea groups is 1. The average Bonchev–Trinajstić information content (AvgIpc) is 2.45. The van der Waals surface area contributed by atoms with E-state index in [1.165, 1.54) is 0 Å². The third-order valence-electron chi connectivity index (χ3n) is 3.24. The molecule has 2 amide bonds. The minimum absolute atomic E-state index is 0.0506. The molecule has 0 unspecified atom stereocenters. The van der Waals surface area contributed by atoms with Gasteiger partial charge in [-0.05, 0) is 32.4 Å². The van der Waals surface area contributed by atoms with Crippen molar-refractivity contribution in [2.45, 2.75) is 26.3 Å².